The Kier molecular flexibility index (Phi) is 8.31. The SMILES string of the molecule is Cc1ccnc(-c2ccc(C3OCCO3)c(N=C(NC(=O)OC(C)(C)C)NC(=O)OC(C)(C)C)c2)c1. The molecular weight excluding hydrogens is 464 g/mol. The lowest BCUT2D eigenvalue weighted by Gasteiger charge is -2.22. The zero-order chi connectivity index (χ0) is 26.5. The summed E-state index contributed by atoms with van der Waals surface area (Å²) in [4.78, 5) is 34.1. The molecule has 1 fully saturated rings. The van der Waals surface area contributed by atoms with Gasteiger partial charge >= 0.3 is 12.2 Å². The molecule has 2 N–H and O–H groups in total. The quantitative estimate of drug-likeness (QED) is 0.444. The monoisotopic (exact) mass is 498 g/mol. The van der Waals surface area contributed by atoms with E-state index in [1.807, 2.05) is 31.2 Å². The first-order valence-corrected chi connectivity index (χ1v) is 11.7. The number of hydrogen-bond donors (Lipinski definition) is 2. The van der Waals surface area contributed by atoms with Crippen molar-refractivity contribution in [3.8, 4) is 11.3 Å². The lowest BCUT2D eigenvalue weighted by molar-refractivity contribution is -0.0436. The summed E-state index contributed by atoms with van der Waals surface area (Å²) in [7, 11) is 0. The summed E-state index contributed by atoms with van der Waals surface area (Å²) in [6, 6.07) is 9.36. The van der Waals surface area contributed by atoms with E-state index < -0.39 is 29.7 Å². The zero-order valence-corrected chi connectivity index (χ0v) is 21.8. The van der Waals surface area contributed by atoms with Crippen LogP contribution in [0.25, 0.3) is 11.3 Å². The van der Waals surface area contributed by atoms with Crippen molar-refractivity contribution >= 4 is 23.8 Å². The second kappa shape index (κ2) is 11.0. The van der Waals surface area contributed by atoms with Crippen molar-refractivity contribution in [1.82, 2.24) is 15.6 Å². The van der Waals surface area contributed by atoms with Crippen LogP contribution in [0.5, 0.6) is 0 Å². The van der Waals surface area contributed by atoms with E-state index in [9.17, 15) is 9.59 Å². The number of aliphatic imine (C=N–C) groups is 1. The Bertz CT molecular complexity index is 1100. The molecule has 2 heterocycles. The number of carbonyl (C=O) groups excluding carboxylic acids is 2. The third-order valence-electron chi connectivity index (χ3n) is 4.59. The Balaban J connectivity index is 2.04. The van der Waals surface area contributed by atoms with E-state index >= 15 is 0 Å². The van der Waals surface area contributed by atoms with Crippen molar-refractivity contribution in [3.05, 3.63) is 47.7 Å². The maximum absolute atomic E-state index is 12.5. The minimum Gasteiger partial charge on any atom is -0.444 e. The zero-order valence-electron chi connectivity index (χ0n) is 21.8. The number of nitrogens with zero attached hydrogens (tertiary/aromatic N) is 2. The van der Waals surface area contributed by atoms with Gasteiger partial charge in [0.1, 0.15) is 11.2 Å². The molecule has 10 nitrogen and oxygen atoms in total. The maximum atomic E-state index is 12.5. The third-order valence-corrected chi connectivity index (χ3v) is 4.59. The van der Waals surface area contributed by atoms with Crippen LogP contribution in [0, 0.1) is 6.92 Å². The number of carbonyl (C=O) groups is 2. The first-order chi connectivity index (χ1) is 16.8. The molecule has 1 aromatic heterocycles. The normalized spacial score (nSPS) is 14.2. The van der Waals surface area contributed by atoms with Crippen LogP contribution in [0.1, 0.15) is 59.0 Å². The molecule has 0 spiro atoms. The Morgan fingerprint density at radius 2 is 1.53 bits per heavy atom. The topological polar surface area (TPSA) is 120 Å². The Hall–Kier alpha value is -3.50. The highest BCUT2D eigenvalue weighted by molar-refractivity contribution is 6.02. The molecule has 0 unspecified atom stereocenters. The molecule has 0 bridgehead atoms. The number of hydrogen-bond acceptors (Lipinski definition) is 8. The molecule has 0 aliphatic carbocycles. The average molecular weight is 499 g/mol. The molecule has 10 heteroatoms. The predicted octanol–water partition coefficient (Wildman–Crippen LogP) is 5.14. The highest BCUT2D eigenvalue weighted by atomic mass is 16.7. The minimum atomic E-state index is -0.788. The number of guanidine groups is 1. The summed E-state index contributed by atoms with van der Waals surface area (Å²) < 4.78 is 22.1. The van der Waals surface area contributed by atoms with Gasteiger partial charge in [0.05, 0.1) is 24.6 Å². The number of ether oxygens (including phenoxy) is 4. The van der Waals surface area contributed by atoms with E-state index in [2.05, 4.69) is 20.6 Å². The first kappa shape index (κ1) is 27.1. The molecule has 0 atom stereocenters. The van der Waals surface area contributed by atoms with Gasteiger partial charge in [0.2, 0.25) is 5.96 Å². The number of aryl methyl sites for hydroxylation is 1. The van der Waals surface area contributed by atoms with Gasteiger partial charge in [0, 0.05) is 17.3 Å². The molecule has 3 rings (SSSR count). The molecule has 2 aromatic rings. The first-order valence-electron chi connectivity index (χ1n) is 11.7. The summed E-state index contributed by atoms with van der Waals surface area (Å²) in [5.41, 5.74) is 2.10. The van der Waals surface area contributed by atoms with Crippen molar-refractivity contribution in [2.45, 2.75) is 66.0 Å². The van der Waals surface area contributed by atoms with Crippen LogP contribution in [0.4, 0.5) is 15.3 Å². The van der Waals surface area contributed by atoms with Crippen molar-refractivity contribution in [1.29, 1.82) is 0 Å². The maximum Gasteiger partial charge on any atom is 0.414 e. The van der Waals surface area contributed by atoms with Gasteiger partial charge in [0.15, 0.2) is 6.29 Å². The molecule has 0 radical (unpaired) electrons. The fourth-order valence-electron chi connectivity index (χ4n) is 3.24. The summed E-state index contributed by atoms with van der Waals surface area (Å²) in [5.74, 6) is -0.174. The summed E-state index contributed by atoms with van der Waals surface area (Å²) in [6.45, 7) is 13.2. The lowest BCUT2D eigenvalue weighted by atomic mass is 10.0. The second-order valence-electron chi connectivity index (χ2n) is 10.3. The van der Waals surface area contributed by atoms with Crippen LogP contribution in [-0.4, -0.2) is 47.5 Å². The smallest absolute Gasteiger partial charge is 0.414 e. The van der Waals surface area contributed by atoms with Crippen molar-refractivity contribution in [2.24, 2.45) is 4.99 Å². The van der Waals surface area contributed by atoms with Crippen LogP contribution >= 0.6 is 0 Å². The van der Waals surface area contributed by atoms with Gasteiger partial charge in [0.25, 0.3) is 0 Å². The molecule has 1 aliphatic rings. The summed E-state index contributed by atoms with van der Waals surface area (Å²) in [5, 5.41) is 5.01. The van der Waals surface area contributed by atoms with Crippen molar-refractivity contribution < 1.29 is 28.5 Å². The molecule has 1 aromatic carbocycles. The lowest BCUT2D eigenvalue weighted by Crippen LogP contribution is -2.47. The molecule has 36 heavy (non-hydrogen) atoms. The molecule has 194 valence electrons. The number of pyridine rings is 1. The Morgan fingerprint density at radius 1 is 0.944 bits per heavy atom. The summed E-state index contributed by atoms with van der Waals surface area (Å²) >= 11 is 0. The molecule has 1 saturated heterocycles. The van der Waals surface area contributed by atoms with Crippen LogP contribution < -0.4 is 10.6 Å². The van der Waals surface area contributed by atoms with E-state index in [4.69, 9.17) is 18.9 Å². The fourth-order valence-corrected chi connectivity index (χ4v) is 3.24. The number of aromatic nitrogens is 1. The summed E-state index contributed by atoms with van der Waals surface area (Å²) in [6.07, 6.45) is -0.496. The Morgan fingerprint density at radius 3 is 2.06 bits per heavy atom. The standard InChI is InChI=1S/C26H34N4O6/c1-16-10-11-27-19(14-16)17-8-9-18(21-33-12-13-34-21)20(15-17)28-22(29-23(31)35-25(2,3)4)30-24(32)36-26(5,6)7/h8-11,14-15,21H,12-13H2,1-7H3,(H2,28,29,30,31,32). The highest BCUT2D eigenvalue weighted by Crippen LogP contribution is 2.35. The predicted molar refractivity (Wildman–Crippen MR) is 135 cm³/mol. The van der Waals surface area contributed by atoms with E-state index in [-0.39, 0.29) is 5.96 Å². The Labute approximate surface area is 211 Å². The van der Waals surface area contributed by atoms with Crippen LogP contribution in [0.3, 0.4) is 0 Å². The fraction of sp³-hybridized carbons (Fsp3) is 0.462. The van der Waals surface area contributed by atoms with Crippen molar-refractivity contribution in [2.75, 3.05) is 13.2 Å². The van der Waals surface area contributed by atoms with Crippen LogP contribution in [0.15, 0.2) is 41.5 Å². The van der Waals surface area contributed by atoms with Gasteiger partial charge in [-0.05, 0) is 72.2 Å². The van der Waals surface area contributed by atoms with E-state index in [0.717, 1.165) is 16.8 Å². The third kappa shape index (κ3) is 8.31. The van der Waals surface area contributed by atoms with E-state index in [1.165, 1.54) is 0 Å². The van der Waals surface area contributed by atoms with Crippen molar-refractivity contribution in [3.63, 3.8) is 0 Å². The van der Waals surface area contributed by atoms with Crippen LogP contribution in [-0.2, 0) is 18.9 Å². The second-order valence-corrected chi connectivity index (χ2v) is 10.3. The van der Waals surface area contributed by atoms with Gasteiger partial charge in [-0.15, -0.1) is 0 Å². The van der Waals surface area contributed by atoms with Gasteiger partial charge in [-0.25, -0.2) is 14.6 Å². The largest absolute Gasteiger partial charge is 0.444 e. The van der Waals surface area contributed by atoms with Gasteiger partial charge in [-0.2, -0.15) is 0 Å². The average Bonchev–Trinajstić information content (AvgIpc) is 3.25. The van der Waals surface area contributed by atoms with E-state index in [1.54, 1.807) is 53.8 Å². The molecular formula is C26H34N4O6. The number of amides is 2. The molecule has 1 aliphatic heterocycles. The highest BCUT2D eigenvalue weighted by Gasteiger charge is 2.25. The molecule has 2 amide bonds. The van der Waals surface area contributed by atoms with Gasteiger partial charge < -0.3 is 18.9 Å². The van der Waals surface area contributed by atoms with Crippen LogP contribution in [0.2, 0.25) is 0 Å². The molecule has 0 saturated carbocycles. The van der Waals surface area contributed by atoms with E-state index in [0.29, 0.717) is 24.5 Å². The van der Waals surface area contributed by atoms with Gasteiger partial charge in [-0.3, -0.25) is 15.6 Å². The van der Waals surface area contributed by atoms with Gasteiger partial charge in [-0.1, -0.05) is 12.1 Å². The number of rotatable bonds is 3. The minimum absolute atomic E-state index is 0.174. The number of benzene rings is 1. The number of nitrogens with one attached hydrogen (secondary N) is 2. The number of alkyl carbamates (subject to hydrolysis) is 2.